The van der Waals surface area contributed by atoms with Gasteiger partial charge in [0.05, 0.1) is 21.7 Å². The molecule has 152 valence electrons. The first-order valence-corrected chi connectivity index (χ1v) is 9.74. The van der Waals surface area contributed by atoms with E-state index in [9.17, 15) is 14.9 Å². The molecular weight excluding hydrogens is 412 g/mol. The molecule has 0 fully saturated rings. The second kappa shape index (κ2) is 8.68. The lowest BCUT2D eigenvalue weighted by Crippen LogP contribution is -2.34. The normalized spacial score (nSPS) is 10.5. The van der Waals surface area contributed by atoms with E-state index in [1.54, 1.807) is 12.1 Å². The number of thiocarbonyl (C=S) groups is 1. The van der Waals surface area contributed by atoms with E-state index >= 15 is 0 Å². The van der Waals surface area contributed by atoms with Crippen LogP contribution in [-0.2, 0) is 0 Å². The van der Waals surface area contributed by atoms with Crippen LogP contribution in [0.5, 0.6) is 0 Å². The number of carbonyl (C=O) groups is 1. The molecule has 8 heteroatoms. The minimum Gasteiger partial charge on any atom is -0.332 e. The summed E-state index contributed by atoms with van der Waals surface area (Å²) in [5, 5.41) is 17.1. The van der Waals surface area contributed by atoms with Crippen LogP contribution in [0, 0.1) is 10.1 Å². The summed E-state index contributed by atoms with van der Waals surface area (Å²) >= 11 is 5.24. The van der Waals surface area contributed by atoms with Gasteiger partial charge in [-0.1, -0.05) is 54.6 Å². The van der Waals surface area contributed by atoms with Gasteiger partial charge in [-0.25, -0.2) is 4.98 Å². The highest BCUT2D eigenvalue weighted by molar-refractivity contribution is 7.80. The number of amides is 1. The average molecular weight is 428 g/mol. The number of hydrogen-bond donors (Lipinski definition) is 2. The molecule has 0 aliphatic rings. The number of pyridine rings is 1. The number of nitrogens with one attached hydrogen (secondary N) is 2. The highest BCUT2D eigenvalue weighted by Gasteiger charge is 2.15. The lowest BCUT2D eigenvalue weighted by Gasteiger charge is -2.12. The third kappa shape index (κ3) is 4.54. The lowest BCUT2D eigenvalue weighted by molar-refractivity contribution is -0.384. The molecule has 2 N–H and O–H groups in total. The number of non-ortho nitro benzene ring substituents is 1. The molecule has 7 nitrogen and oxygen atoms in total. The first-order valence-electron chi connectivity index (χ1n) is 9.33. The van der Waals surface area contributed by atoms with Crippen molar-refractivity contribution in [2.45, 2.75) is 0 Å². The minimum atomic E-state index is -0.499. The monoisotopic (exact) mass is 428 g/mol. The molecule has 4 rings (SSSR count). The Bertz CT molecular complexity index is 1310. The summed E-state index contributed by atoms with van der Waals surface area (Å²) in [4.78, 5) is 28.2. The maximum atomic E-state index is 13.0. The molecule has 0 unspecified atom stereocenters. The van der Waals surface area contributed by atoms with E-state index in [0.29, 0.717) is 27.8 Å². The van der Waals surface area contributed by atoms with E-state index in [0.717, 1.165) is 5.56 Å². The molecule has 0 aliphatic carbocycles. The van der Waals surface area contributed by atoms with Crippen LogP contribution in [0.2, 0.25) is 0 Å². The molecule has 1 amide bonds. The van der Waals surface area contributed by atoms with Gasteiger partial charge >= 0.3 is 0 Å². The van der Waals surface area contributed by atoms with Gasteiger partial charge in [0.25, 0.3) is 11.6 Å². The highest BCUT2D eigenvalue weighted by Crippen LogP contribution is 2.25. The molecule has 0 saturated heterocycles. The van der Waals surface area contributed by atoms with Gasteiger partial charge in [-0.2, -0.15) is 0 Å². The number of carbonyl (C=O) groups excluding carboxylic acids is 1. The SMILES string of the molecule is O=C(NC(=S)Nc1cccc([N+](=O)[O-])c1)c1cc(-c2ccccc2)nc2ccccc12. The summed E-state index contributed by atoms with van der Waals surface area (Å²) in [7, 11) is 0. The first kappa shape index (κ1) is 20.1. The van der Waals surface area contributed by atoms with Gasteiger partial charge in [0, 0.05) is 28.8 Å². The number of anilines is 1. The maximum Gasteiger partial charge on any atom is 0.271 e. The Labute approximate surface area is 182 Å². The fourth-order valence-corrected chi connectivity index (χ4v) is 3.36. The smallest absolute Gasteiger partial charge is 0.271 e. The maximum absolute atomic E-state index is 13.0. The standard InChI is InChI=1S/C23H16N4O3S/c28-22(26-23(31)24-16-9-6-10-17(13-16)27(29)30)19-14-21(15-7-2-1-3-8-15)25-20-12-5-4-11-18(19)20/h1-14H,(H2,24,26,28,31). The first-order chi connectivity index (χ1) is 15.0. The van der Waals surface area contributed by atoms with Crippen LogP contribution in [-0.4, -0.2) is 20.9 Å². The molecular formula is C23H16N4O3S. The van der Waals surface area contributed by atoms with E-state index in [1.165, 1.54) is 18.2 Å². The molecule has 0 atom stereocenters. The average Bonchev–Trinajstić information content (AvgIpc) is 2.79. The number of nitro groups is 1. The summed E-state index contributed by atoms with van der Waals surface area (Å²) in [6.45, 7) is 0. The van der Waals surface area contributed by atoms with E-state index < -0.39 is 10.8 Å². The zero-order valence-corrected chi connectivity index (χ0v) is 16.9. The van der Waals surface area contributed by atoms with Crippen molar-refractivity contribution in [3.8, 4) is 11.3 Å². The van der Waals surface area contributed by atoms with E-state index in [2.05, 4.69) is 15.6 Å². The van der Waals surface area contributed by atoms with Gasteiger partial charge in [0.2, 0.25) is 0 Å². The molecule has 3 aromatic carbocycles. The predicted molar refractivity (Wildman–Crippen MR) is 124 cm³/mol. The largest absolute Gasteiger partial charge is 0.332 e. The number of rotatable bonds is 4. The third-order valence-electron chi connectivity index (χ3n) is 4.57. The summed E-state index contributed by atoms with van der Waals surface area (Å²) in [6.07, 6.45) is 0. The Hall–Kier alpha value is -4.17. The Balaban J connectivity index is 1.62. The quantitative estimate of drug-likeness (QED) is 0.272. The lowest BCUT2D eigenvalue weighted by atomic mass is 10.0. The highest BCUT2D eigenvalue weighted by atomic mass is 32.1. The second-order valence-electron chi connectivity index (χ2n) is 6.65. The van der Waals surface area contributed by atoms with Gasteiger partial charge in [-0.3, -0.25) is 20.2 Å². The molecule has 31 heavy (non-hydrogen) atoms. The van der Waals surface area contributed by atoms with E-state index in [1.807, 2.05) is 54.6 Å². The number of para-hydroxylation sites is 1. The van der Waals surface area contributed by atoms with Gasteiger partial charge in [0.1, 0.15) is 0 Å². The summed E-state index contributed by atoms with van der Waals surface area (Å²) in [6, 6.07) is 24.5. The van der Waals surface area contributed by atoms with Crippen LogP contribution in [0.15, 0.2) is 84.9 Å². The molecule has 0 bridgehead atoms. The minimum absolute atomic E-state index is 0.0349. The topological polar surface area (TPSA) is 97.2 Å². The summed E-state index contributed by atoms with van der Waals surface area (Å²) in [5.74, 6) is -0.404. The van der Waals surface area contributed by atoms with Crippen LogP contribution in [0.25, 0.3) is 22.2 Å². The van der Waals surface area contributed by atoms with Crippen LogP contribution >= 0.6 is 12.2 Å². The summed E-state index contributed by atoms with van der Waals surface area (Å²) in [5.41, 5.74) is 3.00. The van der Waals surface area contributed by atoms with Crippen molar-refractivity contribution in [3.63, 3.8) is 0 Å². The van der Waals surface area contributed by atoms with Crippen molar-refractivity contribution in [2.75, 3.05) is 5.32 Å². The van der Waals surface area contributed by atoms with Crippen LogP contribution in [0.3, 0.4) is 0 Å². The molecule has 1 heterocycles. The van der Waals surface area contributed by atoms with Crippen LogP contribution < -0.4 is 10.6 Å². The van der Waals surface area contributed by atoms with Gasteiger partial charge in [0.15, 0.2) is 5.11 Å². The zero-order chi connectivity index (χ0) is 21.8. The number of nitrogens with zero attached hydrogens (tertiary/aromatic N) is 2. The van der Waals surface area contributed by atoms with Crippen molar-refractivity contribution < 1.29 is 9.72 Å². The van der Waals surface area contributed by atoms with Crippen LogP contribution in [0.4, 0.5) is 11.4 Å². The number of hydrogen-bond acceptors (Lipinski definition) is 5. The summed E-state index contributed by atoms with van der Waals surface area (Å²) < 4.78 is 0. The fraction of sp³-hybridized carbons (Fsp3) is 0. The number of benzene rings is 3. The molecule has 0 spiro atoms. The Morgan fingerprint density at radius 1 is 0.935 bits per heavy atom. The van der Waals surface area contributed by atoms with Gasteiger partial charge in [-0.05, 0) is 30.4 Å². The van der Waals surface area contributed by atoms with Crippen molar-refractivity contribution in [2.24, 2.45) is 0 Å². The zero-order valence-electron chi connectivity index (χ0n) is 16.1. The second-order valence-corrected chi connectivity index (χ2v) is 7.06. The molecule has 0 aliphatic heterocycles. The van der Waals surface area contributed by atoms with Gasteiger partial charge in [-0.15, -0.1) is 0 Å². The Morgan fingerprint density at radius 2 is 1.68 bits per heavy atom. The molecule has 4 aromatic rings. The van der Waals surface area contributed by atoms with Crippen molar-refractivity contribution in [3.05, 3.63) is 101 Å². The van der Waals surface area contributed by atoms with Crippen molar-refractivity contribution >= 4 is 45.5 Å². The molecule has 1 aromatic heterocycles. The Morgan fingerprint density at radius 3 is 2.45 bits per heavy atom. The third-order valence-corrected chi connectivity index (χ3v) is 4.78. The number of nitro benzene ring substituents is 1. The van der Waals surface area contributed by atoms with Crippen LogP contribution in [0.1, 0.15) is 10.4 Å². The number of fused-ring (bicyclic) bond motifs is 1. The van der Waals surface area contributed by atoms with Gasteiger partial charge < -0.3 is 5.32 Å². The predicted octanol–water partition coefficient (Wildman–Crippen LogP) is 4.94. The van der Waals surface area contributed by atoms with E-state index in [4.69, 9.17) is 12.2 Å². The number of aromatic nitrogens is 1. The fourth-order valence-electron chi connectivity index (χ4n) is 3.15. The van der Waals surface area contributed by atoms with E-state index in [-0.39, 0.29) is 10.8 Å². The van der Waals surface area contributed by atoms with Crippen molar-refractivity contribution in [1.29, 1.82) is 0 Å². The Kier molecular flexibility index (Phi) is 5.63. The molecule has 0 saturated carbocycles. The van der Waals surface area contributed by atoms with Crippen molar-refractivity contribution in [1.82, 2.24) is 10.3 Å². The molecule has 0 radical (unpaired) electrons.